The fourth-order valence-corrected chi connectivity index (χ4v) is 9.10. The Hall–Kier alpha value is -7.37. The van der Waals surface area contributed by atoms with Crippen molar-refractivity contribution in [3.8, 4) is 67.5 Å². The normalized spacial score (nSPS) is 17.3. The van der Waals surface area contributed by atoms with Gasteiger partial charge in [-0.25, -0.2) is 15.0 Å². The summed E-state index contributed by atoms with van der Waals surface area (Å²) in [4.78, 5) is 23.4. The number of hydrogen-bond donors (Lipinski definition) is 0. The van der Waals surface area contributed by atoms with Crippen molar-refractivity contribution in [2.75, 3.05) is 0 Å². The quantitative estimate of drug-likeness (QED) is 0.161. The van der Waals surface area contributed by atoms with Gasteiger partial charge in [0.2, 0.25) is 0 Å². The summed E-state index contributed by atoms with van der Waals surface area (Å²) in [6, 6.07) is 58.1. The van der Waals surface area contributed by atoms with E-state index >= 15 is 0 Å². The molecule has 0 aliphatic heterocycles. The molecule has 6 aromatic carbocycles. The average Bonchev–Trinajstić information content (AvgIpc) is 3.66. The Morgan fingerprint density at radius 1 is 0.350 bits per heavy atom. The van der Waals surface area contributed by atoms with E-state index in [-0.39, 0.29) is 12.8 Å². The minimum absolute atomic E-state index is 0.0538. The molecule has 286 valence electrons. The maximum Gasteiger partial charge on any atom is 0.164 e. The van der Waals surface area contributed by atoms with Crippen LogP contribution in [0.3, 0.4) is 0 Å². The fourth-order valence-electron chi connectivity index (χ4n) is 9.10. The second-order valence-electron chi connectivity index (χ2n) is 15.5. The molecule has 2 aliphatic rings. The van der Waals surface area contributed by atoms with E-state index in [0.717, 1.165) is 61.2 Å². The van der Waals surface area contributed by atoms with Gasteiger partial charge < -0.3 is 0 Å². The van der Waals surface area contributed by atoms with Gasteiger partial charge in [0, 0.05) is 57.8 Å². The zero-order chi connectivity index (χ0) is 43.5. The average molecular weight is 776 g/mol. The van der Waals surface area contributed by atoms with Gasteiger partial charge in [0.05, 0.1) is 0 Å². The van der Waals surface area contributed by atoms with Gasteiger partial charge in [0.15, 0.2) is 17.5 Å². The molecule has 0 bridgehead atoms. The van der Waals surface area contributed by atoms with Gasteiger partial charge in [-0.2, -0.15) is 0 Å². The molecule has 2 aliphatic carbocycles. The Balaban J connectivity index is 1.01. The number of hydrogen-bond acceptors (Lipinski definition) is 5. The number of benzene rings is 6. The molecule has 9 aromatic rings. The number of fused-ring (bicyclic) bond motifs is 5. The molecule has 5 nitrogen and oxygen atoms in total. The molecule has 0 saturated heterocycles. The Morgan fingerprint density at radius 3 is 1.35 bits per heavy atom. The molecule has 0 unspecified atom stereocenters. The molecular formula is C55H41N5. The monoisotopic (exact) mass is 775 g/mol. The first-order chi connectivity index (χ1) is 31.2. The van der Waals surface area contributed by atoms with Crippen LogP contribution < -0.4 is 0 Å². The highest BCUT2D eigenvalue weighted by Gasteiger charge is 2.50. The van der Waals surface area contributed by atoms with Gasteiger partial charge in [0.1, 0.15) is 0 Å². The van der Waals surface area contributed by atoms with E-state index in [9.17, 15) is 5.48 Å². The van der Waals surface area contributed by atoms with Crippen LogP contribution in [0.15, 0.2) is 201 Å². The summed E-state index contributed by atoms with van der Waals surface area (Å²) in [6.45, 7) is 0. The van der Waals surface area contributed by atoms with Crippen LogP contribution in [0.25, 0.3) is 67.5 Å². The molecule has 3 aromatic heterocycles. The van der Waals surface area contributed by atoms with Crippen molar-refractivity contribution in [3.63, 3.8) is 0 Å². The second kappa shape index (κ2) is 14.8. The molecular weight excluding hydrogens is 731 g/mol. The topological polar surface area (TPSA) is 64.5 Å². The maximum absolute atomic E-state index is 10.3. The summed E-state index contributed by atoms with van der Waals surface area (Å²) in [6.07, 6.45) is 2.83. The van der Waals surface area contributed by atoms with E-state index in [4.69, 9.17) is 15.0 Å². The lowest BCUT2D eigenvalue weighted by Crippen LogP contribution is -2.40. The first-order valence-corrected chi connectivity index (χ1v) is 20.3. The first kappa shape index (κ1) is 31.6. The zero-order valence-corrected chi connectivity index (χ0v) is 32.7. The minimum Gasteiger partial charge on any atom is -0.265 e. The number of pyridine rings is 2. The predicted molar refractivity (Wildman–Crippen MR) is 241 cm³/mol. The predicted octanol–water partition coefficient (Wildman–Crippen LogP) is 12.8. The van der Waals surface area contributed by atoms with E-state index in [2.05, 4.69) is 52.4 Å². The second-order valence-corrected chi connectivity index (χ2v) is 15.5. The van der Waals surface area contributed by atoms with Crippen molar-refractivity contribution in [2.24, 2.45) is 0 Å². The van der Waals surface area contributed by atoms with Crippen molar-refractivity contribution in [2.45, 2.75) is 36.4 Å². The highest BCUT2D eigenvalue weighted by atomic mass is 15.0. The van der Waals surface area contributed by atoms with Crippen LogP contribution in [0.1, 0.15) is 53.3 Å². The Morgan fingerprint density at radius 2 is 0.783 bits per heavy atom. The summed E-state index contributed by atoms with van der Waals surface area (Å²) >= 11 is 0. The molecule has 60 heavy (non-hydrogen) atoms. The van der Waals surface area contributed by atoms with Gasteiger partial charge in [0.25, 0.3) is 0 Å². The van der Waals surface area contributed by atoms with E-state index in [1.54, 1.807) is 24.8 Å². The van der Waals surface area contributed by atoms with Crippen LogP contribution >= 0.6 is 0 Å². The first-order valence-electron chi connectivity index (χ1n) is 22.3. The fraction of sp³-hybridized carbons (Fsp3) is 0.109. The Kier molecular flexibility index (Phi) is 7.78. The van der Waals surface area contributed by atoms with E-state index < -0.39 is 23.6 Å². The molecule has 0 atom stereocenters. The summed E-state index contributed by atoms with van der Waals surface area (Å²) in [5.41, 5.74) is 8.62. The Bertz CT molecular complexity index is 3060. The van der Waals surface area contributed by atoms with E-state index in [1.165, 1.54) is 0 Å². The molecule has 1 spiro atoms. The molecule has 1 fully saturated rings. The lowest BCUT2D eigenvalue weighted by molar-refractivity contribution is 0.260. The summed E-state index contributed by atoms with van der Waals surface area (Å²) in [7, 11) is 0. The number of aromatic nitrogens is 5. The maximum atomic E-state index is 10.3. The van der Waals surface area contributed by atoms with Gasteiger partial charge in [-0.05, 0) is 124 Å². The van der Waals surface area contributed by atoms with Gasteiger partial charge in [-0.15, -0.1) is 0 Å². The van der Waals surface area contributed by atoms with Gasteiger partial charge >= 0.3 is 0 Å². The van der Waals surface area contributed by atoms with Crippen molar-refractivity contribution < 1.29 is 5.48 Å². The summed E-state index contributed by atoms with van der Waals surface area (Å²) in [5.74, 6) is 1.77. The summed E-state index contributed by atoms with van der Waals surface area (Å²) < 4.78 is 41.0. The number of rotatable bonds is 7. The largest absolute Gasteiger partial charge is 0.265 e. The van der Waals surface area contributed by atoms with E-state index in [1.807, 2.05) is 133 Å². The molecule has 0 amide bonds. The number of nitrogens with zero attached hydrogens (tertiary/aromatic N) is 5. The highest BCUT2D eigenvalue weighted by Crippen LogP contribution is 2.60. The van der Waals surface area contributed by atoms with Crippen molar-refractivity contribution >= 4 is 0 Å². The molecule has 3 heterocycles. The third-order valence-electron chi connectivity index (χ3n) is 12.2. The van der Waals surface area contributed by atoms with Crippen LogP contribution in [-0.2, 0) is 10.8 Å². The molecule has 0 N–H and O–H groups in total. The van der Waals surface area contributed by atoms with Crippen LogP contribution in [0.4, 0.5) is 0 Å². The van der Waals surface area contributed by atoms with Crippen LogP contribution in [0.2, 0.25) is 0 Å². The summed E-state index contributed by atoms with van der Waals surface area (Å²) in [5, 5.41) is 0. The van der Waals surface area contributed by atoms with Gasteiger partial charge in [-0.3, -0.25) is 9.97 Å². The lowest BCUT2D eigenvalue weighted by Gasteiger charge is -2.47. The van der Waals surface area contributed by atoms with Crippen LogP contribution in [0, 0.1) is 0 Å². The van der Waals surface area contributed by atoms with Crippen molar-refractivity contribution in [1.82, 2.24) is 24.9 Å². The van der Waals surface area contributed by atoms with Crippen molar-refractivity contribution in [1.29, 1.82) is 0 Å². The SMILES string of the molecule is [2H]C1([2H])CC(c2ccncc2)(c2ccncc2)CC([2H])([2H])C12c1ccccc1-c1ccc(-c3cccc(-c4cccc(-c5nc(-c6ccccc6)nc(-c6ccccc6)n5)c4)c3)cc12. The minimum atomic E-state index is -2.06. The molecule has 1 saturated carbocycles. The lowest BCUT2D eigenvalue weighted by atomic mass is 9.56. The van der Waals surface area contributed by atoms with Crippen LogP contribution in [0.5, 0.6) is 0 Å². The molecule has 0 radical (unpaired) electrons. The highest BCUT2D eigenvalue weighted by molar-refractivity contribution is 5.85. The third kappa shape index (κ3) is 6.13. The van der Waals surface area contributed by atoms with Gasteiger partial charge in [-0.1, -0.05) is 133 Å². The van der Waals surface area contributed by atoms with E-state index in [0.29, 0.717) is 28.6 Å². The Labute approximate surface area is 356 Å². The van der Waals surface area contributed by atoms with Crippen molar-refractivity contribution in [3.05, 3.63) is 223 Å². The standard InChI is InChI=1S/C55H41N5/c1-3-11-38(12-4-1)51-58-52(39-13-5-2-6-14-39)60-53(59-51)44-18-10-17-42(36-44)40-15-9-16-41(35-40)43-21-22-48-47-19-7-8-20-49(47)55(50(48)37-43)29-27-54(28-30-55,45-23-31-56-32-24-45)46-25-33-57-34-26-46/h1-26,31-37H,27-30H2/i29D2,30D2. The zero-order valence-electron chi connectivity index (χ0n) is 36.7. The molecule has 11 rings (SSSR count). The smallest absolute Gasteiger partial charge is 0.164 e. The van der Waals surface area contributed by atoms with Crippen LogP contribution in [-0.4, -0.2) is 24.9 Å². The molecule has 5 heteroatoms. The third-order valence-corrected chi connectivity index (χ3v) is 12.2.